The molecule has 0 fully saturated rings. The van der Waals surface area contributed by atoms with Crippen LogP contribution in [-0.4, -0.2) is 28.1 Å². The van der Waals surface area contributed by atoms with Gasteiger partial charge < -0.3 is 14.8 Å². The molecule has 0 spiro atoms. The molecule has 174 valence electrons. The first-order chi connectivity index (χ1) is 16.5. The summed E-state index contributed by atoms with van der Waals surface area (Å²) in [7, 11) is 3.25. The van der Waals surface area contributed by atoms with Crippen molar-refractivity contribution < 1.29 is 19.1 Å². The van der Waals surface area contributed by atoms with Gasteiger partial charge in [-0.3, -0.25) is 18.7 Å². The van der Waals surface area contributed by atoms with Gasteiger partial charge >= 0.3 is 11.7 Å². The molecule has 0 saturated heterocycles. The third-order valence-electron chi connectivity index (χ3n) is 5.54. The molecule has 4 rings (SSSR count). The number of nitrogens with one attached hydrogen (secondary N) is 1. The number of methoxy groups -OCH3 is 1. The first-order valence-electron chi connectivity index (χ1n) is 10.8. The number of ether oxygens (including phenoxy) is 2. The molecule has 1 atom stereocenters. The highest BCUT2D eigenvalue weighted by Gasteiger charge is 2.25. The lowest BCUT2D eigenvalue weighted by Gasteiger charge is -2.18. The Balaban J connectivity index is 1.49. The average molecular weight is 460 g/mol. The van der Waals surface area contributed by atoms with Crippen molar-refractivity contribution in [1.29, 1.82) is 0 Å². The van der Waals surface area contributed by atoms with E-state index in [1.165, 1.54) is 9.13 Å². The summed E-state index contributed by atoms with van der Waals surface area (Å²) in [6, 6.07) is 23.0. The molecule has 1 N–H and O–H groups in total. The van der Waals surface area contributed by atoms with Crippen LogP contribution in [-0.2, 0) is 27.9 Å². The number of hydrogen-bond donors (Lipinski definition) is 1. The quantitative estimate of drug-likeness (QED) is 0.406. The maximum Gasteiger partial charge on any atom is 0.328 e. The maximum atomic E-state index is 13.0. The Kier molecular flexibility index (Phi) is 6.77. The molecule has 1 aromatic heterocycles. The van der Waals surface area contributed by atoms with Gasteiger partial charge in [0.15, 0.2) is 0 Å². The van der Waals surface area contributed by atoms with Crippen molar-refractivity contribution in [2.75, 3.05) is 12.4 Å². The van der Waals surface area contributed by atoms with Crippen LogP contribution in [0.1, 0.15) is 18.1 Å². The number of esters is 1. The zero-order valence-corrected chi connectivity index (χ0v) is 18.9. The first-order valence-corrected chi connectivity index (χ1v) is 10.8. The number of para-hydroxylation sites is 2. The van der Waals surface area contributed by atoms with E-state index >= 15 is 0 Å². The highest BCUT2D eigenvalue weighted by Crippen LogP contribution is 2.22. The topological polar surface area (TPSA) is 91.6 Å². The predicted molar refractivity (Wildman–Crippen MR) is 129 cm³/mol. The van der Waals surface area contributed by atoms with Crippen LogP contribution in [0.4, 0.5) is 5.69 Å². The van der Waals surface area contributed by atoms with E-state index in [4.69, 9.17) is 9.47 Å². The third-order valence-corrected chi connectivity index (χ3v) is 5.54. The number of anilines is 1. The molecule has 4 aromatic rings. The lowest BCUT2D eigenvalue weighted by atomic mass is 10.1. The Bertz CT molecular complexity index is 1360. The van der Waals surface area contributed by atoms with Gasteiger partial charge in [0, 0.05) is 24.8 Å². The van der Waals surface area contributed by atoms with E-state index in [1.807, 2.05) is 30.3 Å². The Morgan fingerprint density at radius 2 is 1.56 bits per heavy atom. The second-order valence-electron chi connectivity index (χ2n) is 7.73. The Morgan fingerprint density at radius 1 is 0.912 bits per heavy atom. The lowest BCUT2D eigenvalue weighted by molar-refractivity contribution is -0.155. The molecule has 8 nitrogen and oxygen atoms in total. The van der Waals surface area contributed by atoms with E-state index in [2.05, 4.69) is 5.32 Å². The van der Waals surface area contributed by atoms with Gasteiger partial charge in [-0.1, -0.05) is 42.5 Å². The summed E-state index contributed by atoms with van der Waals surface area (Å²) >= 11 is 0. The second-order valence-corrected chi connectivity index (χ2v) is 7.73. The van der Waals surface area contributed by atoms with E-state index in [0.717, 1.165) is 11.0 Å². The summed E-state index contributed by atoms with van der Waals surface area (Å²) in [5.41, 5.74) is 2.39. The molecule has 0 aliphatic carbocycles. The SMILES string of the molecule is COc1ccc(NC(=O)[C@@H](OC(=O)CCn2c(=O)n(C)c3ccccc32)c2ccccc2)cc1. The molecular weight excluding hydrogens is 434 g/mol. The Hall–Kier alpha value is -4.33. The third kappa shape index (κ3) is 4.85. The fourth-order valence-electron chi connectivity index (χ4n) is 3.76. The molecule has 1 amide bonds. The molecule has 3 aromatic carbocycles. The van der Waals surface area contributed by atoms with Crippen LogP contribution in [0.3, 0.4) is 0 Å². The summed E-state index contributed by atoms with van der Waals surface area (Å²) < 4.78 is 13.8. The normalized spacial score (nSPS) is 11.7. The van der Waals surface area contributed by atoms with E-state index in [0.29, 0.717) is 17.0 Å². The summed E-state index contributed by atoms with van der Waals surface area (Å²) in [5.74, 6) is -0.404. The highest BCUT2D eigenvalue weighted by molar-refractivity contribution is 5.96. The first kappa shape index (κ1) is 22.8. The number of aromatic nitrogens is 2. The number of aryl methyl sites for hydroxylation is 2. The molecule has 0 radical (unpaired) electrons. The van der Waals surface area contributed by atoms with Crippen molar-refractivity contribution in [1.82, 2.24) is 9.13 Å². The van der Waals surface area contributed by atoms with Crippen molar-refractivity contribution in [3.8, 4) is 5.75 Å². The number of amides is 1. The monoisotopic (exact) mass is 459 g/mol. The van der Waals surface area contributed by atoms with E-state index in [-0.39, 0.29) is 18.7 Å². The van der Waals surface area contributed by atoms with Gasteiger partial charge in [0.05, 0.1) is 24.6 Å². The van der Waals surface area contributed by atoms with Crippen LogP contribution >= 0.6 is 0 Å². The number of hydrogen-bond acceptors (Lipinski definition) is 5. The fourth-order valence-corrected chi connectivity index (χ4v) is 3.76. The number of carbonyl (C=O) groups excluding carboxylic acids is 2. The second kappa shape index (κ2) is 10.1. The highest BCUT2D eigenvalue weighted by atomic mass is 16.5. The number of benzene rings is 3. The number of rotatable bonds is 8. The standard InChI is InChI=1S/C26H25N3O5/c1-28-21-10-6-7-11-22(21)29(26(28)32)17-16-23(30)34-24(18-8-4-3-5-9-18)25(31)27-19-12-14-20(33-2)15-13-19/h3-15,24H,16-17H2,1-2H3,(H,27,31)/t24-/m0/s1. The zero-order valence-electron chi connectivity index (χ0n) is 18.9. The molecule has 0 unspecified atom stereocenters. The van der Waals surface area contributed by atoms with Crippen molar-refractivity contribution >= 4 is 28.6 Å². The van der Waals surface area contributed by atoms with E-state index in [1.54, 1.807) is 62.7 Å². The summed E-state index contributed by atoms with van der Waals surface area (Å²) in [5, 5.41) is 2.78. The molecule has 0 bridgehead atoms. The summed E-state index contributed by atoms with van der Waals surface area (Å²) in [6.07, 6.45) is -1.20. The fraction of sp³-hybridized carbons (Fsp3) is 0.192. The van der Waals surface area contributed by atoms with Crippen LogP contribution in [0, 0.1) is 0 Å². The number of carbonyl (C=O) groups is 2. The van der Waals surface area contributed by atoms with E-state index in [9.17, 15) is 14.4 Å². The lowest BCUT2D eigenvalue weighted by Crippen LogP contribution is -2.27. The Morgan fingerprint density at radius 3 is 2.24 bits per heavy atom. The average Bonchev–Trinajstić information content (AvgIpc) is 3.11. The van der Waals surface area contributed by atoms with E-state index < -0.39 is 18.0 Å². The molecule has 0 aliphatic rings. The van der Waals surface area contributed by atoms with Crippen LogP contribution in [0.15, 0.2) is 83.7 Å². The van der Waals surface area contributed by atoms with Crippen LogP contribution in [0.5, 0.6) is 5.75 Å². The van der Waals surface area contributed by atoms with Crippen LogP contribution in [0.2, 0.25) is 0 Å². The molecular formula is C26H25N3O5. The maximum absolute atomic E-state index is 13.0. The molecule has 0 aliphatic heterocycles. The summed E-state index contributed by atoms with van der Waals surface area (Å²) in [6.45, 7) is 0.140. The molecule has 0 saturated carbocycles. The van der Waals surface area contributed by atoms with Gasteiger partial charge in [0.1, 0.15) is 5.75 Å². The molecule has 8 heteroatoms. The van der Waals surface area contributed by atoms with Gasteiger partial charge in [0.25, 0.3) is 5.91 Å². The molecule has 34 heavy (non-hydrogen) atoms. The zero-order chi connectivity index (χ0) is 24.1. The molecule has 1 heterocycles. The van der Waals surface area contributed by atoms with Crippen molar-refractivity contribution in [2.45, 2.75) is 19.1 Å². The number of nitrogens with zero attached hydrogens (tertiary/aromatic N) is 2. The van der Waals surface area contributed by atoms with Gasteiger partial charge in [-0.05, 0) is 36.4 Å². The van der Waals surface area contributed by atoms with Crippen molar-refractivity contribution in [3.63, 3.8) is 0 Å². The van der Waals surface area contributed by atoms with Crippen molar-refractivity contribution in [3.05, 3.63) is 94.9 Å². The number of fused-ring (bicyclic) bond motifs is 1. The minimum atomic E-state index is -1.14. The minimum Gasteiger partial charge on any atom is -0.497 e. The smallest absolute Gasteiger partial charge is 0.328 e. The summed E-state index contributed by atoms with van der Waals surface area (Å²) in [4.78, 5) is 38.4. The van der Waals surface area contributed by atoms with Crippen molar-refractivity contribution in [2.24, 2.45) is 7.05 Å². The van der Waals surface area contributed by atoms with Gasteiger partial charge in [-0.15, -0.1) is 0 Å². The number of imidazole rings is 1. The van der Waals surface area contributed by atoms with Crippen LogP contribution in [0.25, 0.3) is 11.0 Å². The predicted octanol–water partition coefficient (Wildman–Crippen LogP) is 3.66. The Labute approximate surface area is 196 Å². The van der Waals surface area contributed by atoms with Crippen LogP contribution < -0.4 is 15.7 Å². The van der Waals surface area contributed by atoms with Gasteiger partial charge in [-0.25, -0.2) is 4.79 Å². The largest absolute Gasteiger partial charge is 0.497 e. The van der Waals surface area contributed by atoms with Gasteiger partial charge in [0.2, 0.25) is 6.10 Å². The minimum absolute atomic E-state index is 0.0624. The van der Waals surface area contributed by atoms with Gasteiger partial charge in [-0.2, -0.15) is 0 Å².